The van der Waals surface area contributed by atoms with Crippen LogP contribution in [0, 0.1) is 20.8 Å². The van der Waals surface area contributed by atoms with Gasteiger partial charge in [0.15, 0.2) is 0 Å². The van der Waals surface area contributed by atoms with Crippen LogP contribution in [-0.4, -0.2) is 44.3 Å². The van der Waals surface area contributed by atoms with Gasteiger partial charge in [-0.25, -0.2) is 0 Å². The minimum Gasteiger partial charge on any atom is -0.423 e. The highest BCUT2D eigenvalue weighted by Gasteiger charge is 2.11. The van der Waals surface area contributed by atoms with Gasteiger partial charge in [-0.05, 0) is 56.0 Å². The minimum atomic E-state index is -1.39. The lowest BCUT2D eigenvalue weighted by Gasteiger charge is -2.01. The number of rotatable bonds is 2. The molecular formula is C13H18B2N2O4. The first kappa shape index (κ1) is 17.3. The van der Waals surface area contributed by atoms with Crippen LogP contribution in [0.25, 0.3) is 0 Å². The molecule has 0 fully saturated rings. The van der Waals surface area contributed by atoms with Crippen molar-refractivity contribution in [2.45, 2.75) is 20.8 Å². The second-order valence-electron chi connectivity index (χ2n) is 4.66. The summed E-state index contributed by atoms with van der Waals surface area (Å²) in [5, 5.41) is 35.0. The van der Waals surface area contributed by atoms with E-state index in [4.69, 9.17) is 20.1 Å². The highest BCUT2D eigenvalue weighted by atomic mass is 16.4. The molecule has 6 nitrogen and oxygen atoms in total. The number of aryl methyl sites for hydroxylation is 3. The van der Waals surface area contributed by atoms with Gasteiger partial charge in [-0.3, -0.25) is 9.97 Å². The number of pyridine rings is 2. The van der Waals surface area contributed by atoms with Gasteiger partial charge in [0.2, 0.25) is 0 Å². The Morgan fingerprint density at radius 2 is 1.24 bits per heavy atom. The molecule has 0 radical (unpaired) electrons. The van der Waals surface area contributed by atoms with Crippen LogP contribution >= 0.6 is 0 Å². The molecule has 0 saturated carbocycles. The fourth-order valence-corrected chi connectivity index (χ4v) is 1.74. The van der Waals surface area contributed by atoms with Gasteiger partial charge in [0.25, 0.3) is 0 Å². The van der Waals surface area contributed by atoms with Gasteiger partial charge < -0.3 is 20.1 Å². The van der Waals surface area contributed by atoms with Gasteiger partial charge in [0.1, 0.15) is 0 Å². The molecule has 0 unspecified atom stereocenters. The van der Waals surface area contributed by atoms with E-state index >= 15 is 0 Å². The summed E-state index contributed by atoms with van der Waals surface area (Å²) in [6.45, 7) is 5.43. The molecule has 0 spiro atoms. The van der Waals surface area contributed by atoms with Crippen LogP contribution in [0.5, 0.6) is 0 Å². The third-order valence-corrected chi connectivity index (χ3v) is 2.62. The van der Waals surface area contributed by atoms with Crippen molar-refractivity contribution in [2.75, 3.05) is 0 Å². The Morgan fingerprint density at radius 3 is 1.62 bits per heavy atom. The molecule has 2 aromatic rings. The zero-order valence-electron chi connectivity index (χ0n) is 12.2. The standard InChI is InChI=1S/C7H10BNO2.C6H8BNO2/c1-5-3-7(8(10)11)4-6(2)9-5;1-5-4-6(7(9)10)2-3-8-5/h3-4,10-11H,1-2H3;2-4,9-10H,1H3. The van der Waals surface area contributed by atoms with Crippen molar-refractivity contribution < 1.29 is 20.1 Å². The molecule has 0 aliphatic heterocycles. The normalized spacial score (nSPS) is 9.67. The summed E-state index contributed by atoms with van der Waals surface area (Å²) in [6.07, 6.45) is 1.55. The van der Waals surface area contributed by atoms with E-state index in [2.05, 4.69) is 9.97 Å². The van der Waals surface area contributed by atoms with Crippen LogP contribution in [0.4, 0.5) is 0 Å². The van der Waals surface area contributed by atoms with Crippen LogP contribution in [0.3, 0.4) is 0 Å². The lowest BCUT2D eigenvalue weighted by Crippen LogP contribution is -2.30. The van der Waals surface area contributed by atoms with Crippen molar-refractivity contribution in [1.82, 2.24) is 9.97 Å². The van der Waals surface area contributed by atoms with Gasteiger partial charge in [0.05, 0.1) is 0 Å². The molecule has 2 aromatic heterocycles. The average molecular weight is 288 g/mol. The summed E-state index contributed by atoms with van der Waals surface area (Å²) in [7, 11) is -2.78. The molecular weight excluding hydrogens is 270 g/mol. The summed E-state index contributed by atoms with van der Waals surface area (Å²) in [4.78, 5) is 7.99. The number of hydrogen-bond donors (Lipinski definition) is 4. The van der Waals surface area contributed by atoms with E-state index < -0.39 is 14.2 Å². The van der Waals surface area contributed by atoms with Crippen molar-refractivity contribution in [3.8, 4) is 0 Å². The van der Waals surface area contributed by atoms with Crippen LogP contribution in [0.1, 0.15) is 17.1 Å². The molecule has 0 aliphatic carbocycles. The van der Waals surface area contributed by atoms with Gasteiger partial charge in [0, 0.05) is 23.3 Å². The van der Waals surface area contributed by atoms with Gasteiger partial charge in [-0.15, -0.1) is 0 Å². The predicted octanol–water partition coefficient (Wildman–Crippen LogP) is -1.55. The van der Waals surface area contributed by atoms with Crippen LogP contribution in [0.2, 0.25) is 0 Å². The maximum Gasteiger partial charge on any atom is 0.488 e. The van der Waals surface area contributed by atoms with Crippen LogP contribution < -0.4 is 10.9 Å². The van der Waals surface area contributed by atoms with E-state index in [0.29, 0.717) is 10.9 Å². The Kier molecular flexibility index (Phi) is 6.51. The summed E-state index contributed by atoms with van der Waals surface area (Å²) < 4.78 is 0. The summed E-state index contributed by atoms with van der Waals surface area (Å²) >= 11 is 0. The Bertz CT molecular complexity index is 574. The second kappa shape index (κ2) is 7.90. The van der Waals surface area contributed by atoms with Crippen LogP contribution in [-0.2, 0) is 0 Å². The van der Waals surface area contributed by atoms with E-state index in [1.54, 1.807) is 37.4 Å². The fraction of sp³-hybridized carbons (Fsp3) is 0.231. The minimum absolute atomic E-state index is 0.479. The zero-order chi connectivity index (χ0) is 16.0. The molecule has 8 heteroatoms. The van der Waals surface area contributed by atoms with Gasteiger partial charge in [-0.1, -0.05) is 0 Å². The SMILES string of the molecule is Cc1cc(B(O)O)cc(C)n1.Cc1cc(B(O)O)ccn1. The molecule has 2 rings (SSSR count). The molecule has 0 atom stereocenters. The van der Waals surface area contributed by atoms with Crippen molar-refractivity contribution in [3.05, 3.63) is 47.5 Å². The maximum absolute atomic E-state index is 8.80. The van der Waals surface area contributed by atoms with Crippen LogP contribution in [0.15, 0.2) is 30.5 Å². The lowest BCUT2D eigenvalue weighted by molar-refractivity contribution is 0.424. The Labute approximate surface area is 124 Å². The lowest BCUT2D eigenvalue weighted by atomic mass is 9.80. The smallest absolute Gasteiger partial charge is 0.423 e. The first-order valence-electron chi connectivity index (χ1n) is 6.39. The number of aromatic nitrogens is 2. The number of hydrogen-bond acceptors (Lipinski definition) is 6. The van der Waals surface area contributed by atoms with E-state index in [-0.39, 0.29) is 0 Å². The molecule has 0 aliphatic rings. The first-order chi connectivity index (χ1) is 9.79. The largest absolute Gasteiger partial charge is 0.488 e. The van der Waals surface area contributed by atoms with E-state index in [1.807, 2.05) is 13.8 Å². The molecule has 0 saturated heterocycles. The highest BCUT2D eigenvalue weighted by molar-refractivity contribution is 6.58. The summed E-state index contributed by atoms with van der Waals surface area (Å²) in [5.41, 5.74) is 3.36. The van der Waals surface area contributed by atoms with Gasteiger partial charge in [-0.2, -0.15) is 0 Å². The van der Waals surface area contributed by atoms with Gasteiger partial charge >= 0.3 is 14.2 Å². The molecule has 0 aromatic carbocycles. The third-order valence-electron chi connectivity index (χ3n) is 2.62. The molecule has 0 bridgehead atoms. The summed E-state index contributed by atoms with van der Waals surface area (Å²) in [6, 6.07) is 6.50. The predicted molar refractivity (Wildman–Crippen MR) is 82.3 cm³/mol. The van der Waals surface area contributed by atoms with Crippen molar-refractivity contribution >= 4 is 25.2 Å². The topological polar surface area (TPSA) is 107 Å². The van der Waals surface area contributed by atoms with Crippen molar-refractivity contribution in [2.24, 2.45) is 0 Å². The Morgan fingerprint density at radius 1 is 0.762 bits per heavy atom. The monoisotopic (exact) mass is 288 g/mol. The number of nitrogens with zero attached hydrogens (tertiary/aromatic N) is 2. The Hall–Kier alpha value is -1.73. The molecule has 110 valence electrons. The fourth-order valence-electron chi connectivity index (χ4n) is 1.74. The van der Waals surface area contributed by atoms with E-state index in [9.17, 15) is 0 Å². The maximum atomic E-state index is 8.80. The first-order valence-corrected chi connectivity index (χ1v) is 6.39. The highest BCUT2D eigenvalue weighted by Crippen LogP contribution is 1.94. The molecule has 2 heterocycles. The van der Waals surface area contributed by atoms with E-state index in [0.717, 1.165) is 17.1 Å². The molecule has 0 amide bonds. The summed E-state index contributed by atoms with van der Waals surface area (Å²) in [5.74, 6) is 0. The zero-order valence-corrected chi connectivity index (χ0v) is 12.2. The van der Waals surface area contributed by atoms with Crippen molar-refractivity contribution in [1.29, 1.82) is 0 Å². The third kappa shape index (κ3) is 6.05. The van der Waals surface area contributed by atoms with Crippen molar-refractivity contribution in [3.63, 3.8) is 0 Å². The molecule has 4 N–H and O–H groups in total. The second-order valence-corrected chi connectivity index (χ2v) is 4.66. The Balaban J connectivity index is 0.000000211. The quantitative estimate of drug-likeness (QED) is 0.498. The average Bonchev–Trinajstić information content (AvgIpc) is 2.38. The van der Waals surface area contributed by atoms with E-state index in [1.165, 1.54) is 0 Å². The molecule has 21 heavy (non-hydrogen) atoms.